The summed E-state index contributed by atoms with van der Waals surface area (Å²) < 4.78 is 0. The fraction of sp³-hybridized carbons (Fsp3) is 0.800. The van der Waals surface area contributed by atoms with Crippen LogP contribution in [0.25, 0.3) is 0 Å². The van der Waals surface area contributed by atoms with Crippen molar-refractivity contribution in [2.24, 2.45) is 0 Å². The maximum atomic E-state index is 5.46. The second kappa shape index (κ2) is 2.40. The Balaban J connectivity index is 3.26. The molecule has 38 valence electrons. The van der Waals surface area contributed by atoms with Gasteiger partial charge in [0, 0.05) is 0 Å². The van der Waals surface area contributed by atoms with Crippen LogP contribution in [0.5, 0.6) is 0 Å². The predicted octanol–water partition coefficient (Wildman–Crippen LogP) is 1.60. The smallest absolute Gasteiger partial charge is 0.0367 e. The van der Waals surface area contributed by atoms with Crippen molar-refractivity contribution < 1.29 is 0 Å². The van der Waals surface area contributed by atoms with Crippen molar-refractivity contribution in [1.29, 1.82) is 0 Å². The third-order valence-corrected chi connectivity index (χ3v) is 2.23. The first kappa shape index (κ1) is 6.22. The van der Waals surface area contributed by atoms with Crippen LogP contribution in [0.2, 0.25) is 0 Å². The van der Waals surface area contributed by atoms with E-state index in [2.05, 4.69) is 13.8 Å². The molecule has 0 fully saturated rings. The molecule has 0 aliphatic carbocycles. The Morgan fingerprint density at radius 2 is 1.67 bits per heavy atom. The topological polar surface area (TPSA) is 0 Å². The summed E-state index contributed by atoms with van der Waals surface area (Å²) in [6.07, 6.45) is 2.05. The highest BCUT2D eigenvalue weighted by atomic mass is 32.2. The molecule has 1 atom stereocenters. The van der Waals surface area contributed by atoms with E-state index in [-0.39, 0.29) is 10.5 Å². The first-order chi connectivity index (χ1) is 2.64. The highest BCUT2D eigenvalue weighted by Crippen LogP contribution is 2.09. The van der Waals surface area contributed by atoms with Gasteiger partial charge in [-0.2, -0.15) is 0 Å². The molecule has 0 spiro atoms. The SMILES string of the molecule is [CH-]=S(C)C(C)C. The van der Waals surface area contributed by atoms with Crippen LogP contribution >= 0.6 is 10.5 Å². The maximum Gasteiger partial charge on any atom is -0.0367 e. The van der Waals surface area contributed by atoms with Crippen LogP contribution in [0.4, 0.5) is 0 Å². The molecule has 0 rings (SSSR count). The minimum atomic E-state index is 0.133. The lowest BCUT2D eigenvalue weighted by Crippen LogP contribution is -1.85. The van der Waals surface area contributed by atoms with Gasteiger partial charge in [0.2, 0.25) is 0 Å². The Bertz CT molecular complexity index is 55.0. The molecule has 0 aliphatic heterocycles. The molecular weight excluding hydrogens is 92.1 g/mol. The first-order valence-electron chi connectivity index (χ1n) is 2.03. The lowest BCUT2D eigenvalue weighted by molar-refractivity contribution is 1.12. The third kappa shape index (κ3) is 2.46. The summed E-state index contributed by atoms with van der Waals surface area (Å²) in [5.74, 6) is 5.46. The number of hydrogen-bond acceptors (Lipinski definition) is 0. The van der Waals surface area contributed by atoms with Gasteiger partial charge in [-0.05, 0) is 5.25 Å². The molecule has 0 aromatic carbocycles. The summed E-state index contributed by atoms with van der Waals surface area (Å²) >= 11 is 0. The Morgan fingerprint density at radius 3 is 1.67 bits per heavy atom. The zero-order valence-corrected chi connectivity index (χ0v) is 5.38. The molecule has 0 aliphatic rings. The summed E-state index contributed by atoms with van der Waals surface area (Å²) in [5, 5.41) is 0.657. The van der Waals surface area contributed by atoms with Gasteiger partial charge in [-0.1, -0.05) is 20.1 Å². The summed E-state index contributed by atoms with van der Waals surface area (Å²) in [7, 11) is 0.133. The van der Waals surface area contributed by atoms with Gasteiger partial charge in [-0.25, -0.2) is 0 Å². The minimum absolute atomic E-state index is 0.133. The van der Waals surface area contributed by atoms with E-state index in [1.807, 2.05) is 6.26 Å². The van der Waals surface area contributed by atoms with Crippen LogP contribution in [-0.2, 0) is 0 Å². The van der Waals surface area contributed by atoms with Crippen LogP contribution < -0.4 is 0 Å². The van der Waals surface area contributed by atoms with Gasteiger partial charge >= 0.3 is 0 Å². The van der Waals surface area contributed by atoms with Crippen molar-refractivity contribution in [3.63, 3.8) is 0 Å². The highest BCUT2D eigenvalue weighted by molar-refractivity contribution is 8.14. The zero-order valence-electron chi connectivity index (χ0n) is 4.56. The lowest BCUT2D eigenvalue weighted by Gasteiger charge is -2.10. The molecule has 6 heavy (non-hydrogen) atoms. The van der Waals surface area contributed by atoms with Crippen LogP contribution in [0, 0.1) is 0 Å². The average Bonchev–Trinajstić information content (AvgIpc) is 1.36. The Morgan fingerprint density at radius 1 is 1.50 bits per heavy atom. The van der Waals surface area contributed by atoms with E-state index >= 15 is 0 Å². The second-order valence-corrected chi connectivity index (χ2v) is 3.81. The fourth-order valence-electron chi connectivity index (χ4n) is 0. The molecule has 0 nitrogen and oxygen atoms in total. The third-order valence-electron chi connectivity index (χ3n) is 0.744. The van der Waals surface area contributed by atoms with Gasteiger partial charge in [0.25, 0.3) is 0 Å². The van der Waals surface area contributed by atoms with Crippen molar-refractivity contribution in [1.82, 2.24) is 0 Å². The van der Waals surface area contributed by atoms with Gasteiger partial charge in [0.05, 0.1) is 0 Å². The van der Waals surface area contributed by atoms with E-state index in [0.717, 1.165) is 0 Å². The van der Waals surface area contributed by atoms with Crippen LogP contribution in [-0.4, -0.2) is 17.4 Å². The quantitative estimate of drug-likeness (QED) is 0.349. The summed E-state index contributed by atoms with van der Waals surface area (Å²) in [5.41, 5.74) is 0. The van der Waals surface area contributed by atoms with E-state index in [0.29, 0.717) is 5.25 Å². The molecule has 0 saturated carbocycles. The largest absolute Gasteiger partial charge is 0.481 e. The van der Waals surface area contributed by atoms with E-state index < -0.39 is 0 Å². The normalized spacial score (nSPS) is 15.3. The van der Waals surface area contributed by atoms with Crippen molar-refractivity contribution in [2.75, 3.05) is 6.26 Å². The second-order valence-electron chi connectivity index (χ2n) is 1.66. The average molecular weight is 103 g/mol. The fourth-order valence-corrected chi connectivity index (χ4v) is 0. The van der Waals surface area contributed by atoms with E-state index in [1.54, 1.807) is 0 Å². The van der Waals surface area contributed by atoms with E-state index in [1.165, 1.54) is 0 Å². The van der Waals surface area contributed by atoms with Gasteiger partial charge in [-0.15, -0.1) is 0 Å². The maximum absolute atomic E-state index is 5.46. The number of hydrogen-bond donors (Lipinski definition) is 0. The summed E-state index contributed by atoms with van der Waals surface area (Å²) in [4.78, 5) is 0. The molecule has 0 aromatic heterocycles. The number of rotatable bonds is 1. The Hall–Kier alpha value is 0.220. The van der Waals surface area contributed by atoms with Crippen molar-refractivity contribution in [3.05, 3.63) is 0 Å². The molecule has 0 aromatic rings. The molecule has 0 radical (unpaired) electrons. The molecule has 0 saturated heterocycles. The van der Waals surface area contributed by atoms with Gasteiger partial charge in [0.1, 0.15) is 0 Å². The van der Waals surface area contributed by atoms with Gasteiger partial charge in [0.15, 0.2) is 0 Å². The van der Waals surface area contributed by atoms with E-state index in [9.17, 15) is 0 Å². The molecule has 0 amide bonds. The first-order valence-corrected chi connectivity index (χ1v) is 3.79. The lowest BCUT2D eigenvalue weighted by atomic mass is 10.6. The predicted molar refractivity (Wildman–Crippen MR) is 34.7 cm³/mol. The Labute approximate surface area is 42.5 Å². The van der Waals surface area contributed by atoms with Gasteiger partial charge in [-0.3, -0.25) is 0 Å². The van der Waals surface area contributed by atoms with Crippen LogP contribution in [0.15, 0.2) is 0 Å². The molecule has 0 N–H and O–H groups in total. The van der Waals surface area contributed by atoms with Crippen LogP contribution in [0.3, 0.4) is 0 Å². The summed E-state index contributed by atoms with van der Waals surface area (Å²) in [6, 6.07) is 0. The van der Waals surface area contributed by atoms with Crippen molar-refractivity contribution in [3.8, 4) is 0 Å². The van der Waals surface area contributed by atoms with Crippen LogP contribution in [0.1, 0.15) is 13.8 Å². The van der Waals surface area contributed by atoms with Crippen molar-refractivity contribution in [2.45, 2.75) is 19.1 Å². The molecule has 1 unspecified atom stereocenters. The molecular formula is C5H11S-. The monoisotopic (exact) mass is 103 g/mol. The highest BCUT2D eigenvalue weighted by Gasteiger charge is 1.78. The molecule has 1 heteroatoms. The molecule has 0 bridgehead atoms. The molecule has 0 heterocycles. The van der Waals surface area contributed by atoms with E-state index in [4.69, 9.17) is 5.87 Å². The zero-order chi connectivity index (χ0) is 5.15. The Kier molecular flexibility index (Phi) is 2.49. The van der Waals surface area contributed by atoms with Gasteiger partial charge < -0.3 is 16.4 Å². The standard InChI is InChI=1S/C5H11S/c1-5(2)6(3)4/h3,5H,1-2,4H3/q-1. The summed E-state index contributed by atoms with van der Waals surface area (Å²) in [6.45, 7) is 4.26. The minimum Gasteiger partial charge on any atom is -0.481 e. The van der Waals surface area contributed by atoms with Crippen molar-refractivity contribution >= 4 is 16.4 Å².